The van der Waals surface area contributed by atoms with E-state index < -0.39 is 6.10 Å². The van der Waals surface area contributed by atoms with E-state index in [1.807, 2.05) is 18.2 Å². The highest BCUT2D eigenvalue weighted by molar-refractivity contribution is 5.81. The number of aliphatic hydroxyl groups excluding tert-OH is 1. The molecule has 116 valence electrons. The van der Waals surface area contributed by atoms with Gasteiger partial charge in [0.05, 0.1) is 6.61 Å². The third-order valence-corrected chi connectivity index (χ3v) is 3.80. The molecule has 1 N–H and O–H groups in total. The van der Waals surface area contributed by atoms with E-state index in [1.165, 1.54) is 5.56 Å². The minimum Gasteiger partial charge on any atom is -0.481 e. The minimum atomic E-state index is -0.528. The van der Waals surface area contributed by atoms with E-state index in [4.69, 9.17) is 9.84 Å². The highest BCUT2D eigenvalue weighted by Gasteiger charge is 2.34. The maximum absolute atomic E-state index is 12.4. The lowest BCUT2D eigenvalue weighted by Crippen LogP contribution is -2.43. The van der Waals surface area contributed by atoms with Gasteiger partial charge in [0, 0.05) is 12.6 Å². The average molecular weight is 291 g/mol. The summed E-state index contributed by atoms with van der Waals surface area (Å²) in [7, 11) is 0. The summed E-state index contributed by atoms with van der Waals surface area (Å²) >= 11 is 0. The van der Waals surface area contributed by atoms with Crippen LogP contribution >= 0.6 is 0 Å². The highest BCUT2D eigenvalue weighted by Crippen LogP contribution is 2.28. The van der Waals surface area contributed by atoms with Gasteiger partial charge in [-0.3, -0.25) is 4.79 Å². The summed E-state index contributed by atoms with van der Waals surface area (Å²) in [6, 6.07) is 8.17. The molecule has 0 aromatic heterocycles. The highest BCUT2D eigenvalue weighted by atomic mass is 16.5. The van der Waals surface area contributed by atoms with E-state index in [0.29, 0.717) is 12.5 Å². The first kappa shape index (κ1) is 15.8. The summed E-state index contributed by atoms with van der Waals surface area (Å²) in [4.78, 5) is 14.2. The van der Waals surface area contributed by atoms with Crippen LogP contribution in [0.25, 0.3) is 0 Å². The van der Waals surface area contributed by atoms with Crippen LogP contribution in [0.3, 0.4) is 0 Å². The van der Waals surface area contributed by atoms with E-state index in [-0.39, 0.29) is 18.6 Å². The van der Waals surface area contributed by atoms with Crippen molar-refractivity contribution in [3.63, 3.8) is 0 Å². The Hall–Kier alpha value is -1.55. The monoisotopic (exact) mass is 291 g/mol. The van der Waals surface area contributed by atoms with Gasteiger partial charge in [-0.2, -0.15) is 0 Å². The van der Waals surface area contributed by atoms with Gasteiger partial charge in [0.25, 0.3) is 5.91 Å². The molecule has 4 heteroatoms. The zero-order chi connectivity index (χ0) is 15.4. The second kappa shape index (κ2) is 6.94. The number of hydrogen-bond acceptors (Lipinski definition) is 3. The van der Waals surface area contributed by atoms with Crippen molar-refractivity contribution < 1.29 is 14.6 Å². The Bertz CT molecular complexity index is 483. The van der Waals surface area contributed by atoms with Gasteiger partial charge >= 0.3 is 0 Å². The summed E-state index contributed by atoms with van der Waals surface area (Å²) in [5, 5.41) is 9.10. The molecule has 0 heterocycles. The molecule has 4 nitrogen and oxygen atoms in total. The molecule has 2 rings (SSSR count). The standard InChI is InChI=1S/C17H25NO3/c1-12(2)14-5-4-6-16(11-14)21-13(3)17(20)18(9-10-19)15-7-8-15/h4-6,11-13,15,19H,7-10H2,1-3H3. The van der Waals surface area contributed by atoms with Crippen LogP contribution in [0.5, 0.6) is 5.75 Å². The van der Waals surface area contributed by atoms with Crippen LogP contribution in [0.15, 0.2) is 24.3 Å². The minimum absolute atomic E-state index is 0.00219. The number of nitrogens with zero attached hydrogens (tertiary/aromatic N) is 1. The normalized spacial score (nSPS) is 15.9. The SMILES string of the molecule is CC(Oc1cccc(C(C)C)c1)C(=O)N(CCO)C1CC1. The van der Waals surface area contributed by atoms with E-state index in [1.54, 1.807) is 11.8 Å². The molecule has 1 aliphatic rings. The predicted molar refractivity (Wildman–Crippen MR) is 82.4 cm³/mol. The second-order valence-electron chi connectivity index (χ2n) is 5.97. The molecule has 21 heavy (non-hydrogen) atoms. The number of carbonyl (C=O) groups is 1. The molecule has 1 fully saturated rings. The fraction of sp³-hybridized carbons (Fsp3) is 0.588. The van der Waals surface area contributed by atoms with Crippen molar-refractivity contribution in [2.75, 3.05) is 13.2 Å². The van der Waals surface area contributed by atoms with Gasteiger partial charge in [-0.05, 0) is 43.4 Å². The first-order valence-corrected chi connectivity index (χ1v) is 7.71. The number of amides is 1. The molecular weight excluding hydrogens is 266 g/mol. The molecule has 1 aromatic rings. The van der Waals surface area contributed by atoms with Crippen LogP contribution in [0.1, 0.15) is 45.1 Å². The van der Waals surface area contributed by atoms with E-state index in [0.717, 1.165) is 18.6 Å². The number of carbonyl (C=O) groups excluding carboxylic acids is 1. The molecule has 1 amide bonds. The van der Waals surface area contributed by atoms with Crippen molar-refractivity contribution in [2.24, 2.45) is 0 Å². The zero-order valence-corrected chi connectivity index (χ0v) is 13.1. The van der Waals surface area contributed by atoms with Crippen molar-refractivity contribution in [2.45, 2.75) is 51.7 Å². The zero-order valence-electron chi connectivity index (χ0n) is 13.1. The van der Waals surface area contributed by atoms with Gasteiger partial charge in [-0.1, -0.05) is 26.0 Å². The lowest BCUT2D eigenvalue weighted by atomic mass is 10.0. The Kier molecular flexibility index (Phi) is 5.23. The molecule has 1 atom stereocenters. The van der Waals surface area contributed by atoms with Gasteiger partial charge in [-0.25, -0.2) is 0 Å². The molecule has 0 radical (unpaired) electrons. The van der Waals surface area contributed by atoms with Crippen LogP contribution in [0, 0.1) is 0 Å². The Morgan fingerprint density at radius 3 is 2.67 bits per heavy atom. The fourth-order valence-electron chi connectivity index (χ4n) is 2.40. The van der Waals surface area contributed by atoms with E-state index in [2.05, 4.69) is 19.9 Å². The van der Waals surface area contributed by atoms with Gasteiger partial charge in [0.1, 0.15) is 5.75 Å². The maximum atomic E-state index is 12.4. The maximum Gasteiger partial charge on any atom is 0.263 e. The van der Waals surface area contributed by atoms with Crippen molar-refractivity contribution in [3.05, 3.63) is 29.8 Å². The first-order chi connectivity index (χ1) is 10.0. The summed E-state index contributed by atoms with van der Waals surface area (Å²) in [6.07, 6.45) is 1.53. The Morgan fingerprint density at radius 2 is 2.10 bits per heavy atom. The molecule has 1 unspecified atom stereocenters. The molecule has 0 aliphatic heterocycles. The summed E-state index contributed by atoms with van der Waals surface area (Å²) in [5.41, 5.74) is 1.20. The molecular formula is C17H25NO3. The largest absolute Gasteiger partial charge is 0.481 e. The van der Waals surface area contributed by atoms with Crippen molar-refractivity contribution in [1.29, 1.82) is 0 Å². The van der Waals surface area contributed by atoms with Crippen LogP contribution in [-0.2, 0) is 4.79 Å². The first-order valence-electron chi connectivity index (χ1n) is 7.71. The van der Waals surface area contributed by atoms with Gasteiger partial charge in [0.15, 0.2) is 6.10 Å². The fourth-order valence-corrected chi connectivity index (χ4v) is 2.40. The Balaban J connectivity index is 2.01. The molecule has 0 saturated heterocycles. The van der Waals surface area contributed by atoms with Gasteiger partial charge in [0.2, 0.25) is 0 Å². The summed E-state index contributed by atoms with van der Waals surface area (Å²) < 4.78 is 5.80. The lowest BCUT2D eigenvalue weighted by Gasteiger charge is -2.25. The predicted octanol–water partition coefficient (Wildman–Crippen LogP) is 2.56. The molecule has 1 aromatic carbocycles. The average Bonchev–Trinajstić information content (AvgIpc) is 3.28. The number of benzene rings is 1. The number of aliphatic hydroxyl groups is 1. The summed E-state index contributed by atoms with van der Waals surface area (Å²) in [6.45, 7) is 6.42. The van der Waals surface area contributed by atoms with E-state index in [9.17, 15) is 4.79 Å². The van der Waals surface area contributed by atoms with Gasteiger partial charge in [-0.15, -0.1) is 0 Å². The van der Waals surface area contributed by atoms with Crippen molar-refractivity contribution in [3.8, 4) is 5.75 Å². The third-order valence-electron chi connectivity index (χ3n) is 3.80. The van der Waals surface area contributed by atoms with Crippen LogP contribution in [-0.4, -0.2) is 41.2 Å². The number of rotatable bonds is 7. The topological polar surface area (TPSA) is 49.8 Å². The molecule has 1 aliphatic carbocycles. The summed E-state index contributed by atoms with van der Waals surface area (Å²) in [5.74, 6) is 1.11. The molecule has 0 bridgehead atoms. The quantitative estimate of drug-likeness (QED) is 0.840. The van der Waals surface area contributed by atoms with Crippen LogP contribution < -0.4 is 4.74 Å². The smallest absolute Gasteiger partial charge is 0.263 e. The van der Waals surface area contributed by atoms with E-state index >= 15 is 0 Å². The Labute approximate surface area is 126 Å². The van der Waals surface area contributed by atoms with Crippen LogP contribution in [0.4, 0.5) is 0 Å². The third kappa shape index (κ3) is 4.21. The second-order valence-corrected chi connectivity index (χ2v) is 5.97. The van der Waals surface area contributed by atoms with Crippen LogP contribution in [0.2, 0.25) is 0 Å². The number of ether oxygens (including phenoxy) is 1. The Morgan fingerprint density at radius 1 is 1.38 bits per heavy atom. The van der Waals surface area contributed by atoms with Crippen molar-refractivity contribution in [1.82, 2.24) is 4.90 Å². The molecule has 1 saturated carbocycles. The van der Waals surface area contributed by atoms with Crippen molar-refractivity contribution >= 4 is 5.91 Å². The van der Waals surface area contributed by atoms with Gasteiger partial charge < -0.3 is 14.7 Å². The molecule has 0 spiro atoms. The lowest BCUT2D eigenvalue weighted by molar-refractivity contribution is -0.139. The number of hydrogen-bond donors (Lipinski definition) is 1.